The third kappa shape index (κ3) is 4.68. The number of hydrogen-bond acceptors (Lipinski definition) is 8. The lowest BCUT2D eigenvalue weighted by Crippen LogP contribution is -2.28. The van der Waals surface area contributed by atoms with Crippen molar-refractivity contribution in [1.29, 1.82) is 0 Å². The first kappa shape index (κ1) is 23.5. The van der Waals surface area contributed by atoms with Crippen molar-refractivity contribution in [3.05, 3.63) is 69.9 Å². The average molecular weight is 501 g/mol. The van der Waals surface area contributed by atoms with Crippen LogP contribution in [0.5, 0.6) is 0 Å². The van der Waals surface area contributed by atoms with Crippen LogP contribution in [0.3, 0.4) is 0 Å². The fourth-order valence-electron chi connectivity index (χ4n) is 3.75. The Labute approximate surface area is 199 Å². The summed E-state index contributed by atoms with van der Waals surface area (Å²) in [7, 11) is -3.96. The molecular weight excluding hydrogens is 480 g/mol. The maximum Gasteiger partial charge on any atom is 0.269 e. The minimum absolute atomic E-state index is 0.0398. The molecule has 12 heteroatoms. The molecule has 1 aliphatic heterocycles. The van der Waals surface area contributed by atoms with Crippen LogP contribution in [0.25, 0.3) is 0 Å². The summed E-state index contributed by atoms with van der Waals surface area (Å²) in [5, 5.41) is 13.5. The van der Waals surface area contributed by atoms with E-state index in [9.17, 15) is 28.1 Å². The lowest BCUT2D eigenvalue weighted by atomic mass is 10.1. The highest BCUT2D eigenvalue weighted by atomic mass is 32.2. The zero-order chi connectivity index (χ0) is 24.6. The van der Waals surface area contributed by atoms with Gasteiger partial charge in [0.15, 0.2) is 5.13 Å². The Hall–Kier alpha value is -3.64. The first-order valence-corrected chi connectivity index (χ1v) is 12.5. The van der Waals surface area contributed by atoms with Gasteiger partial charge in [-0.15, -0.1) is 0 Å². The maximum atomic E-state index is 12.8. The number of thiazole rings is 1. The van der Waals surface area contributed by atoms with Crippen molar-refractivity contribution < 1.29 is 22.9 Å². The van der Waals surface area contributed by atoms with Crippen LogP contribution in [-0.2, 0) is 19.4 Å². The standard InChI is InChI=1S/C22H20N4O6S2/c1-13-7-14(2)9-17(8-13)25-12-15(10-19(25)27)21(28)24-22-23-11-20(33-22)34(31,32)18-5-3-16(4-6-18)26(29)30/h3-9,11,15H,10,12H2,1-2H3,(H,23,24,28)/t15-/m0/s1. The van der Waals surface area contributed by atoms with Crippen LogP contribution in [0.4, 0.5) is 16.5 Å². The minimum Gasteiger partial charge on any atom is -0.312 e. The summed E-state index contributed by atoms with van der Waals surface area (Å²) in [5.41, 5.74) is 2.54. The fourth-order valence-corrected chi connectivity index (χ4v) is 6.19. The van der Waals surface area contributed by atoms with E-state index in [1.165, 1.54) is 0 Å². The van der Waals surface area contributed by atoms with Crippen LogP contribution in [0.1, 0.15) is 17.5 Å². The van der Waals surface area contributed by atoms with Crippen molar-refractivity contribution >= 4 is 49.5 Å². The van der Waals surface area contributed by atoms with Crippen molar-refractivity contribution in [2.45, 2.75) is 29.4 Å². The van der Waals surface area contributed by atoms with Gasteiger partial charge in [0.25, 0.3) is 5.69 Å². The highest BCUT2D eigenvalue weighted by molar-refractivity contribution is 7.93. The second-order valence-corrected chi connectivity index (χ2v) is 11.2. The molecule has 0 bridgehead atoms. The summed E-state index contributed by atoms with van der Waals surface area (Å²) in [4.78, 5) is 40.9. The number of nitrogens with zero attached hydrogens (tertiary/aromatic N) is 3. The molecule has 10 nitrogen and oxygen atoms in total. The molecule has 2 amide bonds. The predicted octanol–water partition coefficient (Wildman–Crippen LogP) is 3.49. The highest BCUT2D eigenvalue weighted by Gasteiger charge is 2.35. The Morgan fingerprint density at radius 1 is 1.18 bits per heavy atom. The van der Waals surface area contributed by atoms with E-state index in [-0.39, 0.29) is 38.8 Å². The molecule has 3 aromatic rings. The number of nitro benzene ring substituents is 1. The first-order valence-electron chi connectivity index (χ1n) is 10.2. The zero-order valence-corrected chi connectivity index (χ0v) is 19.9. The SMILES string of the molecule is Cc1cc(C)cc(N2C[C@@H](C(=O)Nc3ncc(S(=O)(=O)c4ccc([N+](=O)[O-])cc4)s3)CC2=O)c1. The molecule has 0 unspecified atom stereocenters. The molecule has 1 atom stereocenters. The van der Waals surface area contributed by atoms with E-state index < -0.39 is 26.6 Å². The van der Waals surface area contributed by atoms with Gasteiger partial charge in [0.1, 0.15) is 4.21 Å². The maximum absolute atomic E-state index is 12.8. The van der Waals surface area contributed by atoms with Crippen molar-refractivity contribution in [3.8, 4) is 0 Å². The highest BCUT2D eigenvalue weighted by Crippen LogP contribution is 2.31. The minimum atomic E-state index is -3.96. The molecule has 0 saturated carbocycles. The van der Waals surface area contributed by atoms with Gasteiger partial charge < -0.3 is 10.2 Å². The molecule has 176 valence electrons. The molecule has 2 heterocycles. The van der Waals surface area contributed by atoms with Crippen LogP contribution in [0.2, 0.25) is 0 Å². The molecular formula is C22H20N4O6S2. The average Bonchev–Trinajstić information content (AvgIpc) is 3.40. The van der Waals surface area contributed by atoms with Gasteiger partial charge in [-0.3, -0.25) is 19.7 Å². The number of aromatic nitrogens is 1. The van der Waals surface area contributed by atoms with E-state index in [1.807, 2.05) is 32.0 Å². The normalized spacial score (nSPS) is 16.0. The van der Waals surface area contributed by atoms with E-state index in [0.29, 0.717) is 0 Å². The van der Waals surface area contributed by atoms with Crippen molar-refractivity contribution in [2.24, 2.45) is 5.92 Å². The van der Waals surface area contributed by atoms with Gasteiger partial charge in [-0.1, -0.05) is 17.4 Å². The second kappa shape index (κ2) is 8.95. The van der Waals surface area contributed by atoms with Crippen molar-refractivity contribution in [3.63, 3.8) is 0 Å². The van der Waals surface area contributed by atoms with Gasteiger partial charge in [-0.2, -0.15) is 0 Å². The monoisotopic (exact) mass is 500 g/mol. The van der Waals surface area contributed by atoms with Crippen LogP contribution in [0, 0.1) is 29.9 Å². The number of anilines is 2. The first-order chi connectivity index (χ1) is 16.0. The Kier molecular flexibility index (Phi) is 6.19. The van der Waals surface area contributed by atoms with Gasteiger partial charge in [0, 0.05) is 30.8 Å². The number of benzene rings is 2. The molecule has 4 rings (SSSR count). The number of aryl methyl sites for hydroxylation is 2. The lowest BCUT2D eigenvalue weighted by Gasteiger charge is -2.18. The molecule has 1 aromatic heterocycles. The molecule has 2 aromatic carbocycles. The zero-order valence-electron chi connectivity index (χ0n) is 18.2. The Balaban J connectivity index is 1.46. The second-order valence-electron chi connectivity index (χ2n) is 7.98. The molecule has 1 N–H and O–H groups in total. The van der Waals surface area contributed by atoms with E-state index in [0.717, 1.165) is 58.6 Å². The lowest BCUT2D eigenvalue weighted by molar-refractivity contribution is -0.384. The Bertz CT molecular complexity index is 1380. The summed E-state index contributed by atoms with van der Waals surface area (Å²) in [5.74, 6) is -1.19. The topological polar surface area (TPSA) is 140 Å². The molecule has 34 heavy (non-hydrogen) atoms. The van der Waals surface area contributed by atoms with Crippen molar-refractivity contribution in [2.75, 3.05) is 16.8 Å². The summed E-state index contributed by atoms with van der Waals surface area (Å²) < 4.78 is 25.5. The summed E-state index contributed by atoms with van der Waals surface area (Å²) in [6, 6.07) is 10.3. The molecule has 0 radical (unpaired) electrons. The smallest absolute Gasteiger partial charge is 0.269 e. The van der Waals surface area contributed by atoms with E-state index in [1.54, 1.807) is 4.90 Å². The van der Waals surface area contributed by atoms with Gasteiger partial charge in [-0.05, 0) is 49.2 Å². The van der Waals surface area contributed by atoms with Crippen LogP contribution in [-0.4, -0.2) is 36.7 Å². The third-order valence-electron chi connectivity index (χ3n) is 5.35. The fraction of sp³-hybridized carbons (Fsp3) is 0.227. The van der Waals surface area contributed by atoms with Crippen molar-refractivity contribution in [1.82, 2.24) is 4.98 Å². The van der Waals surface area contributed by atoms with E-state index in [4.69, 9.17) is 0 Å². The third-order valence-corrected chi connectivity index (χ3v) is 8.49. The number of rotatable bonds is 6. The quantitative estimate of drug-likeness (QED) is 0.404. The molecule has 1 fully saturated rings. The number of non-ortho nitro benzene ring substituents is 1. The predicted molar refractivity (Wildman–Crippen MR) is 126 cm³/mol. The summed E-state index contributed by atoms with van der Waals surface area (Å²) in [6.07, 6.45) is 1.16. The number of sulfone groups is 1. The number of hydrogen-bond donors (Lipinski definition) is 1. The summed E-state index contributed by atoms with van der Waals surface area (Å²) in [6.45, 7) is 4.09. The van der Waals surface area contributed by atoms with Gasteiger partial charge in [0.2, 0.25) is 21.7 Å². The summed E-state index contributed by atoms with van der Waals surface area (Å²) >= 11 is 0.771. The number of amides is 2. The van der Waals surface area contributed by atoms with Crippen LogP contribution >= 0.6 is 11.3 Å². The van der Waals surface area contributed by atoms with E-state index in [2.05, 4.69) is 10.3 Å². The Morgan fingerprint density at radius 2 is 1.82 bits per heavy atom. The van der Waals surface area contributed by atoms with Gasteiger partial charge in [0.05, 0.1) is 21.9 Å². The molecule has 0 aliphatic carbocycles. The largest absolute Gasteiger partial charge is 0.312 e. The van der Waals surface area contributed by atoms with Crippen LogP contribution < -0.4 is 10.2 Å². The molecule has 1 saturated heterocycles. The van der Waals surface area contributed by atoms with Crippen LogP contribution in [0.15, 0.2) is 57.8 Å². The molecule has 1 aliphatic rings. The number of carbonyl (C=O) groups excluding carboxylic acids is 2. The molecule has 0 spiro atoms. The number of nitrogens with one attached hydrogen (secondary N) is 1. The van der Waals surface area contributed by atoms with Gasteiger partial charge in [-0.25, -0.2) is 13.4 Å². The Morgan fingerprint density at radius 3 is 2.44 bits per heavy atom. The number of carbonyl (C=O) groups is 2. The van der Waals surface area contributed by atoms with Gasteiger partial charge >= 0.3 is 0 Å². The number of nitro groups is 1. The van der Waals surface area contributed by atoms with E-state index >= 15 is 0 Å².